The molecule has 6 heteroatoms. The van der Waals surface area contributed by atoms with Gasteiger partial charge in [-0.2, -0.15) is 5.26 Å². The molecule has 2 aromatic heterocycles. The predicted molar refractivity (Wildman–Crippen MR) is 103 cm³/mol. The van der Waals surface area contributed by atoms with Crippen molar-refractivity contribution in [2.24, 2.45) is 0 Å². The molecule has 0 saturated carbocycles. The number of benzene rings is 2. The number of hydrogen-bond donors (Lipinski definition) is 1. The van der Waals surface area contributed by atoms with Gasteiger partial charge in [-0.05, 0) is 41.9 Å². The summed E-state index contributed by atoms with van der Waals surface area (Å²) in [6, 6.07) is 17.7. The Morgan fingerprint density at radius 2 is 2.00 bits per heavy atom. The Bertz CT molecular complexity index is 1110. The van der Waals surface area contributed by atoms with Crippen LogP contribution in [0.15, 0.2) is 70.6 Å². The van der Waals surface area contributed by atoms with Gasteiger partial charge in [-0.1, -0.05) is 24.3 Å². The van der Waals surface area contributed by atoms with E-state index >= 15 is 0 Å². The van der Waals surface area contributed by atoms with Crippen molar-refractivity contribution in [2.75, 3.05) is 5.32 Å². The number of nitriles is 1. The lowest BCUT2D eigenvalue weighted by Gasteiger charge is -2.03. The SMILES string of the molecule is N#Cc1ccc(NC=CCc2nnc(-c3ccccc3)o2)c2ccsc12. The number of fused-ring (bicyclic) bond motifs is 1. The summed E-state index contributed by atoms with van der Waals surface area (Å²) in [6.07, 6.45) is 4.32. The molecule has 4 aromatic rings. The molecule has 0 unspecified atom stereocenters. The number of nitrogens with one attached hydrogen (secondary N) is 1. The number of allylic oxidation sites excluding steroid dienone is 1. The highest BCUT2D eigenvalue weighted by Crippen LogP contribution is 2.31. The van der Waals surface area contributed by atoms with Gasteiger partial charge in [0.25, 0.3) is 0 Å². The molecule has 0 spiro atoms. The molecule has 0 radical (unpaired) electrons. The second-order valence-corrected chi connectivity index (χ2v) is 6.47. The lowest BCUT2D eigenvalue weighted by molar-refractivity contribution is 0.520. The van der Waals surface area contributed by atoms with Gasteiger partial charge < -0.3 is 9.73 Å². The first kappa shape index (κ1) is 16.1. The van der Waals surface area contributed by atoms with E-state index < -0.39 is 0 Å². The monoisotopic (exact) mass is 358 g/mol. The van der Waals surface area contributed by atoms with Crippen LogP contribution in [0, 0.1) is 11.3 Å². The highest BCUT2D eigenvalue weighted by Gasteiger charge is 2.07. The molecule has 126 valence electrons. The molecular weight excluding hydrogens is 344 g/mol. The second kappa shape index (κ2) is 7.21. The van der Waals surface area contributed by atoms with Crippen LogP contribution in [0.3, 0.4) is 0 Å². The van der Waals surface area contributed by atoms with Gasteiger partial charge >= 0.3 is 0 Å². The van der Waals surface area contributed by atoms with E-state index in [4.69, 9.17) is 9.68 Å². The minimum absolute atomic E-state index is 0.522. The lowest BCUT2D eigenvalue weighted by Crippen LogP contribution is -1.90. The summed E-state index contributed by atoms with van der Waals surface area (Å²) < 4.78 is 6.67. The van der Waals surface area contributed by atoms with E-state index in [0.29, 0.717) is 23.8 Å². The Hall–Kier alpha value is -3.43. The maximum absolute atomic E-state index is 9.17. The first-order valence-electron chi connectivity index (χ1n) is 8.05. The average Bonchev–Trinajstić information content (AvgIpc) is 3.36. The van der Waals surface area contributed by atoms with Crippen LogP contribution in [0.5, 0.6) is 0 Å². The van der Waals surface area contributed by atoms with Crippen molar-refractivity contribution >= 4 is 27.1 Å². The molecule has 0 bridgehead atoms. The van der Waals surface area contributed by atoms with Crippen LogP contribution in [0.2, 0.25) is 0 Å². The third-order valence-corrected chi connectivity index (χ3v) is 4.82. The van der Waals surface area contributed by atoms with Crippen molar-refractivity contribution in [2.45, 2.75) is 6.42 Å². The minimum atomic E-state index is 0.522. The van der Waals surface area contributed by atoms with E-state index in [1.54, 1.807) is 11.3 Å². The summed E-state index contributed by atoms with van der Waals surface area (Å²) >= 11 is 1.57. The van der Waals surface area contributed by atoms with E-state index in [2.05, 4.69) is 21.6 Å². The standard InChI is InChI=1S/C20H14N4OS/c21-13-15-8-9-17(16-10-12-26-19(15)16)22-11-4-7-18-23-24-20(25-18)14-5-2-1-3-6-14/h1-6,8-12,22H,7H2. The Balaban J connectivity index is 1.44. The van der Waals surface area contributed by atoms with Gasteiger partial charge in [0.05, 0.1) is 10.3 Å². The smallest absolute Gasteiger partial charge is 0.247 e. The van der Waals surface area contributed by atoms with E-state index in [0.717, 1.165) is 21.3 Å². The Morgan fingerprint density at radius 1 is 1.12 bits per heavy atom. The molecule has 0 aliphatic rings. The molecule has 26 heavy (non-hydrogen) atoms. The fraction of sp³-hybridized carbons (Fsp3) is 0.0500. The zero-order valence-corrected chi connectivity index (χ0v) is 14.5. The number of nitrogens with zero attached hydrogens (tertiary/aromatic N) is 3. The zero-order valence-electron chi connectivity index (χ0n) is 13.7. The number of hydrogen-bond acceptors (Lipinski definition) is 6. The van der Waals surface area contributed by atoms with Crippen molar-refractivity contribution < 1.29 is 4.42 Å². The minimum Gasteiger partial charge on any atom is -0.420 e. The van der Waals surface area contributed by atoms with Crippen molar-refractivity contribution in [3.63, 3.8) is 0 Å². The summed E-state index contributed by atoms with van der Waals surface area (Å²) in [7, 11) is 0. The van der Waals surface area contributed by atoms with E-state index in [1.807, 2.05) is 66.2 Å². The molecule has 0 fully saturated rings. The van der Waals surface area contributed by atoms with Crippen molar-refractivity contribution in [1.82, 2.24) is 10.2 Å². The van der Waals surface area contributed by atoms with Crippen molar-refractivity contribution in [3.05, 3.63) is 77.6 Å². The molecule has 5 nitrogen and oxygen atoms in total. The summed E-state index contributed by atoms with van der Waals surface area (Å²) in [5.41, 5.74) is 2.57. The predicted octanol–water partition coefficient (Wildman–Crippen LogP) is 4.99. The third-order valence-electron chi connectivity index (χ3n) is 3.87. The van der Waals surface area contributed by atoms with Gasteiger partial charge in [-0.25, -0.2) is 0 Å². The molecule has 4 rings (SSSR count). The van der Waals surface area contributed by atoms with Crippen LogP contribution in [0.4, 0.5) is 5.69 Å². The fourth-order valence-corrected chi connectivity index (χ4v) is 3.50. The summed E-state index contributed by atoms with van der Waals surface area (Å²) in [6.45, 7) is 0. The summed E-state index contributed by atoms with van der Waals surface area (Å²) in [4.78, 5) is 0. The van der Waals surface area contributed by atoms with Crippen LogP contribution >= 0.6 is 11.3 Å². The highest BCUT2D eigenvalue weighted by molar-refractivity contribution is 7.17. The quantitative estimate of drug-likeness (QED) is 0.544. The molecule has 2 heterocycles. The van der Waals surface area contributed by atoms with Gasteiger partial charge in [0, 0.05) is 23.1 Å². The fourth-order valence-electron chi connectivity index (χ4n) is 2.62. The van der Waals surface area contributed by atoms with Crippen LogP contribution in [-0.2, 0) is 6.42 Å². The van der Waals surface area contributed by atoms with Crippen LogP contribution in [0.1, 0.15) is 11.5 Å². The normalized spacial score (nSPS) is 11.0. The van der Waals surface area contributed by atoms with E-state index in [-0.39, 0.29) is 0 Å². The first-order valence-corrected chi connectivity index (χ1v) is 8.93. The van der Waals surface area contributed by atoms with E-state index in [9.17, 15) is 0 Å². The number of thiophene rings is 1. The van der Waals surface area contributed by atoms with Gasteiger partial charge in [-0.15, -0.1) is 21.5 Å². The van der Waals surface area contributed by atoms with Gasteiger partial charge in [0.1, 0.15) is 6.07 Å². The van der Waals surface area contributed by atoms with Crippen molar-refractivity contribution in [3.8, 4) is 17.5 Å². The zero-order chi connectivity index (χ0) is 17.8. The largest absolute Gasteiger partial charge is 0.420 e. The van der Waals surface area contributed by atoms with E-state index in [1.165, 1.54) is 0 Å². The second-order valence-electron chi connectivity index (χ2n) is 5.55. The molecule has 0 saturated heterocycles. The molecule has 0 aliphatic carbocycles. The van der Waals surface area contributed by atoms with Gasteiger partial charge in [-0.3, -0.25) is 0 Å². The number of rotatable bonds is 5. The van der Waals surface area contributed by atoms with Crippen molar-refractivity contribution in [1.29, 1.82) is 5.26 Å². The number of anilines is 1. The molecule has 1 N–H and O–H groups in total. The van der Waals surface area contributed by atoms with Crippen LogP contribution in [0.25, 0.3) is 21.5 Å². The Kier molecular flexibility index (Phi) is 4.46. The summed E-state index contributed by atoms with van der Waals surface area (Å²) in [5, 5.41) is 23.6. The number of aromatic nitrogens is 2. The maximum atomic E-state index is 9.17. The highest BCUT2D eigenvalue weighted by atomic mass is 32.1. The van der Waals surface area contributed by atoms with Gasteiger partial charge in [0.2, 0.25) is 11.8 Å². The third kappa shape index (κ3) is 3.21. The Morgan fingerprint density at radius 3 is 2.85 bits per heavy atom. The molecule has 0 aliphatic heterocycles. The summed E-state index contributed by atoms with van der Waals surface area (Å²) in [5.74, 6) is 1.08. The molecule has 0 amide bonds. The van der Waals surface area contributed by atoms with Crippen LogP contribution < -0.4 is 5.32 Å². The first-order chi connectivity index (χ1) is 12.8. The lowest BCUT2D eigenvalue weighted by atomic mass is 10.1. The topological polar surface area (TPSA) is 74.7 Å². The molecule has 2 aromatic carbocycles. The Labute approximate surface area is 154 Å². The molecule has 0 atom stereocenters. The van der Waals surface area contributed by atoms with Crippen LogP contribution in [-0.4, -0.2) is 10.2 Å². The molecular formula is C20H14N4OS. The van der Waals surface area contributed by atoms with Gasteiger partial charge in [0.15, 0.2) is 0 Å². The average molecular weight is 358 g/mol. The maximum Gasteiger partial charge on any atom is 0.247 e.